The summed E-state index contributed by atoms with van der Waals surface area (Å²) in [6.07, 6.45) is 0.460. The van der Waals surface area contributed by atoms with Crippen molar-refractivity contribution in [1.82, 2.24) is 0 Å². The molecule has 0 fully saturated rings. The van der Waals surface area contributed by atoms with Crippen molar-refractivity contribution in [3.63, 3.8) is 0 Å². The molecule has 2 aromatic carbocycles. The second kappa shape index (κ2) is 5.80. The van der Waals surface area contributed by atoms with Crippen LogP contribution in [0.4, 0.5) is 8.78 Å². The molecule has 2 aromatic rings. The van der Waals surface area contributed by atoms with Crippen molar-refractivity contribution in [3.05, 3.63) is 59.7 Å². The van der Waals surface area contributed by atoms with Gasteiger partial charge in [0.2, 0.25) is 0 Å². The van der Waals surface area contributed by atoms with Crippen molar-refractivity contribution < 1.29 is 13.5 Å². The standard InChI is InChI=1S/C15H15F2NO/c1-10(18)8-11-9-12(16)6-7-14(11)19-15-5-3-2-4-13(15)17/h2-7,9-10H,8,18H2,1H3. The third-order valence-corrected chi connectivity index (χ3v) is 2.62. The van der Waals surface area contributed by atoms with Crippen molar-refractivity contribution in [2.45, 2.75) is 19.4 Å². The van der Waals surface area contributed by atoms with E-state index in [1.807, 2.05) is 6.92 Å². The number of hydrogen-bond donors (Lipinski definition) is 1. The molecular formula is C15H15F2NO. The highest BCUT2D eigenvalue weighted by atomic mass is 19.1. The largest absolute Gasteiger partial charge is 0.454 e. The molecule has 0 aliphatic carbocycles. The number of nitrogens with two attached hydrogens (primary N) is 1. The average molecular weight is 263 g/mol. The van der Waals surface area contributed by atoms with Gasteiger partial charge in [-0.15, -0.1) is 0 Å². The lowest BCUT2D eigenvalue weighted by Gasteiger charge is -2.13. The maximum Gasteiger partial charge on any atom is 0.165 e. The highest BCUT2D eigenvalue weighted by molar-refractivity contribution is 5.39. The molecule has 1 atom stereocenters. The maximum atomic E-state index is 13.5. The monoisotopic (exact) mass is 263 g/mol. The van der Waals surface area contributed by atoms with E-state index in [1.165, 1.54) is 30.3 Å². The van der Waals surface area contributed by atoms with E-state index in [1.54, 1.807) is 12.1 Å². The lowest BCUT2D eigenvalue weighted by molar-refractivity contribution is 0.435. The first-order valence-corrected chi connectivity index (χ1v) is 6.02. The number of halogens is 2. The summed E-state index contributed by atoms with van der Waals surface area (Å²) in [5.41, 5.74) is 6.34. The molecule has 0 heterocycles. The number of benzene rings is 2. The Hall–Kier alpha value is -1.94. The van der Waals surface area contributed by atoms with Gasteiger partial charge in [0.25, 0.3) is 0 Å². The van der Waals surface area contributed by atoms with Gasteiger partial charge in [0.15, 0.2) is 11.6 Å². The van der Waals surface area contributed by atoms with E-state index in [0.29, 0.717) is 17.7 Å². The minimum atomic E-state index is -0.460. The van der Waals surface area contributed by atoms with Crippen molar-refractivity contribution in [2.24, 2.45) is 5.73 Å². The van der Waals surface area contributed by atoms with Crippen LogP contribution < -0.4 is 10.5 Å². The zero-order valence-corrected chi connectivity index (χ0v) is 10.6. The van der Waals surface area contributed by atoms with Gasteiger partial charge in [-0.3, -0.25) is 0 Å². The van der Waals surface area contributed by atoms with Gasteiger partial charge in [-0.25, -0.2) is 8.78 Å². The summed E-state index contributed by atoms with van der Waals surface area (Å²) in [4.78, 5) is 0. The number of rotatable bonds is 4. The fraction of sp³-hybridized carbons (Fsp3) is 0.200. The molecule has 0 bridgehead atoms. The first-order valence-electron chi connectivity index (χ1n) is 6.02. The Morgan fingerprint density at radius 1 is 1.11 bits per heavy atom. The Kier molecular flexibility index (Phi) is 4.12. The fourth-order valence-electron chi connectivity index (χ4n) is 1.80. The van der Waals surface area contributed by atoms with Gasteiger partial charge >= 0.3 is 0 Å². The smallest absolute Gasteiger partial charge is 0.165 e. The summed E-state index contributed by atoms with van der Waals surface area (Å²) in [6, 6.07) is 10.1. The van der Waals surface area contributed by atoms with Crippen LogP contribution in [0.2, 0.25) is 0 Å². The SMILES string of the molecule is CC(N)Cc1cc(F)ccc1Oc1ccccc1F. The summed E-state index contributed by atoms with van der Waals surface area (Å²) in [6.45, 7) is 1.82. The van der Waals surface area contributed by atoms with E-state index in [9.17, 15) is 8.78 Å². The second-order valence-electron chi connectivity index (χ2n) is 4.47. The Morgan fingerprint density at radius 2 is 1.84 bits per heavy atom. The molecule has 2 N–H and O–H groups in total. The molecule has 0 saturated heterocycles. The second-order valence-corrected chi connectivity index (χ2v) is 4.47. The Labute approximate surface area is 110 Å². The van der Waals surface area contributed by atoms with Crippen LogP contribution in [0.5, 0.6) is 11.5 Å². The molecular weight excluding hydrogens is 248 g/mol. The van der Waals surface area contributed by atoms with Crippen LogP contribution >= 0.6 is 0 Å². The first kappa shape index (κ1) is 13.5. The summed E-state index contributed by atoms with van der Waals surface area (Å²) in [7, 11) is 0. The molecule has 19 heavy (non-hydrogen) atoms. The topological polar surface area (TPSA) is 35.2 Å². The lowest BCUT2D eigenvalue weighted by Crippen LogP contribution is -2.18. The molecule has 0 aliphatic rings. The normalized spacial score (nSPS) is 12.2. The third-order valence-electron chi connectivity index (χ3n) is 2.62. The van der Waals surface area contributed by atoms with Crippen LogP contribution in [0.3, 0.4) is 0 Å². The Balaban J connectivity index is 2.32. The van der Waals surface area contributed by atoms with Crippen LogP contribution in [0, 0.1) is 11.6 Å². The summed E-state index contributed by atoms with van der Waals surface area (Å²) >= 11 is 0. The minimum absolute atomic E-state index is 0.111. The van der Waals surface area contributed by atoms with Crippen LogP contribution in [-0.2, 0) is 6.42 Å². The summed E-state index contributed by atoms with van der Waals surface area (Å²) < 4.78 is 32.3. The maximum absolute atomic E-state index is 13.5. The summed E-state index contributed by atoms with van der Waals surface area (Å²) in [5.74, 6) is -0.293. The zero-order valence-electron chi connectivity index (χ0n) is 10.6. The zero-order chi connectivity index (χ0) is 13.8. The van der Waals surface area contributed by atoms with Gasteiger partial charge in [-0.1, -0.05) is 12.1 Å². The lowest BCUT2D eigenvalue weighted by atomic mass is 10.1. The summed E-state index contributed by atoms with van der Waals surface area (Å²) in [5, 5.41) is 0. The highest BCUT2D eigenvalue weighted by Crippen LogP contribution is 2.28. The van der Waals surface area contributed by atoms with E-state index >= 15 is 0 Å². The van der Waals surface area contributed by atoms with Crippen LogP contribution in [0.1, 0.15) is 12.5 Å². The molecule has 0 aliphatic heterocycles. The van der Waals surface area contributed by atoms with Gasteiger partial charge < -0.3 is 10.5 Å². The van der Waals surface area contributed by atoms with Gasteiger partial charge in [0, 0.05) is 6.04 Å². The van der Waals surface area contributed by atoms with E-state index < -0.39 is 5.82 Å². The molecule has 0 spiro atoms. The Morgan fingerprint density at radius 3 is 2.53 bits per heavy atom. The molecule has 2 nitrogen and oxygen atoms in total. The molecule has 0 radical (unpaired) electrons. The molecule has 100 valence electrons. The highest BCUT2D eigenvalue weighted by Gasteiger charge is 2.10. The molecule has 0 amide bonds. The van der Waals surface area contributed by atoms with E-state index in [4.69, 9.17) is 10.5 Å². The van der Waals surface area contributed by atoms with Crippen molar-refractivity contribution in [3.8, 4) is 11.5 Å². The number of hydrogen-bond acceptors (Lipinski definition) is 2. The molecule has 1 unspecified atom stereocenters. The van der Waals surface area contributed by atoms with E-state index in [2.05, 4.69) is 0 Å². The van der Waals surface area contributed by atoms with Gasteiger partial charge in [-0.2, -0.15) is 0 Å². The minimum Gasteiger partial charge on any atom is -0.454 e. The van der Waals surface area contributed by atoms with Gasteiger partial charge in [0.05, 0.1) is 0 Å². The van der Waals surface area contributed by atoms with Crippen molar-refractivity contribution in [1.29, 1.82) is 0 Å². The molecule has 0 aromatic heterocycles. The van der Waals surface area contributed by atoms with E-state index in [0.717, 1.165) is 0 Å². The van der Waals surface area contributed by atoms with Gasteiger partial charge in [0.1, 0.15) is 11.6 Å². The van der Waals surface area contributed by atoms with Crippen molar-refractivity contribution in [2.75, 3.05) is 0 Å². The van der Waals surface area contributed by atoms with Crippen molar-refractivity contribution >= 4 is 0 Å². The van der Waals surface area contributed by atoms with Crippen LogP contribution in [0.25, 0.3) is 0 Å². The Bertz CT molecular complexity index is 570. The molecule has 4 heteroatoms. The van der Waals surface area contributed by atoms with Crippen LogP contribution in [0.15, 0.2) is 42.5 Å². The predicted octanol–water partition coefficient (Wildman–Crippen LogP) is 3.65. The molecule has 2 rings (SSSR count). The molecule has 0 saturated carbocycles. The third kappa shape index (κ3) is 3.51. The quantitative estimate of drug-likeness (QED) is 0.913. The number of ether oxygens (including phenoxy) is 1. The first-order chi connectivity index (χ1) is 9.06. The number of para-hydroxylation sites is 1. The predicted molar refractivity (Wildman–Crippen MR) is 70.2 cm³/mol. The van der Waals surface area contributed by atoms with Gasteiger partial charge in [-0.05, 0) is 49.2 Å². The average Bonchev–Trinajstić information content (AvgIpc) is 2.34. The van der Waals surface area contributed by atoms with E-state index in [-0.39, 0.29) is 17.6 Å². The van der Waals surface area contributed by atoms with Crippen LogP contribution in [-0.4, -0.2) is 6.04 Å². The fourth-order valence-corrected chi connectivity index (χ4v) is 1.80.